The van der Waals surface area contributed by atoms with E-state index in [2.05, 4.69) is 10.2 Å². The van der Waals surface area contributed by atoms with Gasteiger partial charge in [-0.1, -0.05) is 26.0 Å². The van der Waals surface area contributed by atoms with Crippen LogP contribution >= 0.6 is 0 Å². The first-order valence-electron chi connectivity index (χ1n) is 11.2. The summed E-state index contributed by atoms with van der Waals surface area (Å²) in [4.78, 5) is 45.8. The second-order valence-corrected chi connectivity index (χ2v) is 10.0. The number of amides is 1. The van der Waals surface area contributed by atoms with Gasteiger partial charge in [0.1, 0.15) is 5.69 Å². The molecule has 0 aliphatic carbocycles. The molecule has 0 saturated heterocycles. The SMILES string of the molecule is CC(C)c1ccc(S(=O)(=O)Nc2ccc(C(C)C(=O)NCCONC(=N)N)n(OC(=O)C(F)(F)F)c2=O)cc1. The molecule has 1 unspecified atom stereocenters. The average molecular weight is 577 g/mol. The Bertz CT molecular complexity index is 1380. The Morgan fingerprint density at radius 2 is 1.72 bits per heavy atom. The molecule has 6 N–H and O–H groups in total. The van der Waals surface area contributed by atoms with E-state index in [1.807, 2.05) is 24.0 Å². The number of nitrogens with zero attached hydrogens (tertiary/aromatic N) is 1. The zero-order valence-electron chi connectivity index (χ0n) is 21.0. The second-order valence-electron chi connectivity index (χ2n) is 8.35. The van der Waals surface area contributed by atoms with Gasteiger partial charge >= 0.3 is 17.7 Å². The van der Waals surface area contributed by atoms with E-state index in [4.69, 9.17) is 16.0 Å². The number of benzene rings is 1. The zero-order chi connectivity index (χ0) is 29.5. The standard InChI is InChI=1S/C22H27F3N6O7S/c1-12(2)14-4-6-15(7-5-14)39(35,36)30-16-8-9-17(31(19(16)33)38-20(34)22(23,24)25)13(3)18(32)28-10-11-37-29-21(26)27/h4-9,12-13,30H,10-11H2,1-3H3,(H,28,32)(H4,26,27,29). The van der Waals surface area contributed by atoms with Crippen molar-refractivity contribution < 1.29 is 40.9 Å². The molecule has 0 aliphatic rings. The number of hydrogen-bond donors (Lipinski definition) is 5. The molecule has 1 atom stereocenters. The Morgan fingerprint density at radius 1 is 1.10 bits per heavy atom. The summed E-state index contributed by atoms with van der Waals surface area (Å²) in [7, 11) is -4.37. The highest BCUT2D eigenvalue weighted by Gasteiger charge is 2.43. The van der Waals surface area contributed by atoms with E-state index >= 15 is 0 Å². The molecule has 39 heavy (non-hydrogen) atoms. The van der Waals surface area contributed by atoms with Crippen molar-refractivity contribution in [2.24, 2.45) is 5.73 Å². The highest BCUT2D eigenvalue weighted by molar-refractivity contribution is 7.92. The third-order valence-electron chi connectivity index (χ3n) is 5.10. The minimum atomic E-state index is -5.50. The Balaban J connectivity index is 2.38. The third-order valence-corrected chi connectivity index (χ3v) is 6.48. The number of pyridine rings is 1. The van der Waals surface area contributed by atoms with Crippen molar-refractivity contribution in [3.63, 3.8) is 0 Å². The molecule has 0 aliphatic heterocycles. The molecule has 0 fully saturated rings. The number of carbonyl (C=O) groups excluding carboxylic acids is 2. The molecule has 0 saturated carbocycles. The van der Waals surface area contributed by atoms with E-state index in [0.29, 0.717) is 0 Å². The number of hydroxylamine groups is 1. The van der Waals surface area contributed by atoms with Crippen LogP contribution in [-0.4, -0.2) is 50.3 Å². The largest absolute Gasteiger partial charge is 0.493 e. The molecule has 17 heteroatoms. The Hall–Kier alpha value is -4.12. The number of halogens is 3. The summed E-state index contributed by atoms with van der Waals surface area (Å²) < 4.78 is 66.3. The van der Waals surface area contributed by atoms with Gasteiger partial charge in [-0.05, 0) is 42.7 Å². The van der Waals surface area contributed by atoms with Gasteiger partial charge in [-0.25, -0.2) is 18.7 Å². The van der Waals surface area contributed by atoms with Gasteiger partial charge in [0, 0.05) is 6.54 Å². The summed E-state index contributed by atoms with van der Waals surface area (Å²) in [6, 6.07) is 7.59. The zero-order valence-corrected chi connectivity index (χ0v) is 21.8. The van der Waals surface area contributed by atoms with Crippen molar-refractivity contribution >= 4 is 33.5 Å². The van der Waals surface area contributed by atoms with E-state index in [9.17, 15) is 36.0 Å². The smallest absolute Gasteiger partial charge is 0.368 e. The second kappa shape index (κ2) is 12.6. The van der Waals surface area contributed by atoms with Crippen LogP contribution in [0.5, 0.6) is 0 Å². The first-order chi connectivity index (χ1) is 18.0. The van der Waals surface area contributed by atoms with Crippen molar-refractivity contribution in [2.45, 2.75) is 43.7 Å². The van der Waals surface area contributed by atoms with Crippen molar-refractivity contribution in [3.05, 3.63) is 58.0 Å². The summed E-state index contributed by atoms with van der Waals surface area (Å²) in [6.07, 6.45) is -5.50. The van der Waals surface area contributed by atoms with Crippen LogP contribution in [0.2, 0.25) is 0 Å². The van der Waals surface area contributed by atoms with Crippen LogP contribution in [0.1, 0.15) is 43.9 Å². The highest BCUT2D eigenvalue weighted by atomic mass is 32.2. The molecule has 1 heterocycles. The molecule has 1 aromatic carbocycles. The monoisotopic (exact) mass is 576 g/mol. The topological polar surface area (TPSA) is 195 Å². The minimum absolute atomic E-state index is 0.0897. The Kier molecular flexibility index (Phi) is 10.1. The third kappa shape index (κ3) is 8.44. The van der Waals surface area contributed by atoms with Gasteiger partial charge in [0.05, 0.1) is 23.1 Å². The van der Waals surface area contributed by atoms with Crippen LogP contribution in [0, 0.1) is 5.41 Å². The molecule has 1 amide bonds. The minimum Gasteiger partial charge on any atom is -0.368 e. The maximum atomic E-state index is 13.0. The summed E-state index contributed by atoms with van der Waals surface area (Å²) in [5.74, 6) is -5.31. The lowest BCUT2D eigenvalue weighted by atomic mass is 10.0. The summed E-state index contributed by atoms with van der Waals surface area (Å²) in [5, 5.41) is 9.31. The van der Waals surface area contributed by atoms with E-state index in [-0.39, 0.29) is 28.7 Å². The van der Waals surface area contributed by atoms with Gasteiger partial charge in [0.25, 0.3) is 10.0 Å². The van der Waals surface area contributed by atoms with E-state index < -0.39 is 56.9 Å². The molecule has 2 aromatic rings. The average Bonchev–Trinajstić information content (AvgIpc) is 2.84. The Labute approximate surface area is 220 Å². The van der Waals surface area contributed by atoms with Crippen LogP contribution < -0.4 is 31.6 Å². The number of anilines is 1. The maximum Gasteiger partial charge on any atom is 0.493 e. The normalized spacial score (nSPS) is 12.5. The molecule has 0 radical (unpaired) electrons. The van der Waals surface area contributed by atoms with Crippen LogP contribution in [0.15, 0.2) is 46.1 Å². The van der Waals surface area contributed by atoms with Crippen LogP contribution in [0.25, 0.3) is 0 Å². The highest BCUT2D eigenvalue weighted by Crippen LogP contribution is 2.21. The lowest BCUT2D eigenvalue weighted by molar-refractivity contribution is -0.200. The number of sulfonamides is 1. The van der Waals surface area contributed by atoms with Gasteiger partial charge < -0.3 is 15.9 Å². The summed E-state index contributed by atoms with van der Waals surface area (Å²) in [5.41, 5.74) is 5.19. The van der Waals surface area contributed by atoms with Gasteiger partial charge in [-0.2, -0.15) is 13.2 Å². The first kappa shape index (κ1) is 31.1. The van der Waals surface area contributed by atoms with Crippen molar-refractivity contribution in [3.8, 4) is 0 Å². The van der Waals surface area contributed by atoms with Gasteiger partial charge in [-0.15, -0.1) is 4.73 Å². The van der Waals surface area contributed by atoms with Gasteiger partial charge in [0.15, 0.2) is 0 Å². The van der Waals surface area contributed by atoms with Gasteiger partial charge in [0.2, 0.25) is 11.9 Å². The van der Waals surface area contributed by atoms with Crippen molar-refractivity contribution in [1.82, 2.24) is 15.5 Å². The summed E-state index contributed by atoms with van der Waals surface area (Å²) >= 11 is 0. The number of nitrogens with two attached hydrogens (primary N) is 1. The predicted molar refractivity (Wildman–Crippen MR) is 132 cm³/mol. The van der Waals surface area contributed by atoms with E-state index in [0.717, 1.165) is 17.7 Å². The first-order valence-corrected chi connectivity index (χ1v) is 12.7. The number of alkyl halides is 3. The molecule has 0 bridgehead atoms. The lowest BCUT2D eigenvalue weighted by Crippen LogP contribution is -2.42. The molecule has 2 rings (SSSR count). The van der Waals surface area contributed by atoms with E-state index in [1.165, 1.54) is 19.1 Å². The molecule has 214 valence electrons. The van der Waals surface area contributed by atoms with Crippen molar-refractivity contribution in [1.29, 1.82) is 5.41 Å². The van der Waals surface area contributed by atoms with Crippen LogP contribution in [-0.2, 0) is 24.4 Å². The molecule has 0 spiro atoms. The summed E-state index contributed by atoms with van der Waals surface area (Å²) in [6.45, 7) is 4.71. The van der Waals surface area contributed by atoms with Gasteiger partial charge in [-0.3, -0.25) is 24.6 Å². The number of carbonyl (C=O) groups is 2. The number of aromatic nitrogens is 1. The van der Waals surface area contributed by atoms with Crippen molar-refractivity contribution in [2.75, 3.05) is 17.9 Å². The molecule has 13 nitrogen and oxygen atoms in total. The molecular weight excluding hydrogens is 549 g/mol. The fourth-order valence-corrected chi connectivity index (χ4v) is 4.10. The molecule has 1 aromatic heterocycles. The number of hydrogen-bond acceptors (Lipinski definition) is 8. The lowest BCUT2D eigenvalue weighted by Gasteiger charge is -2.19. The van der Waals surface area contributed by atoms with E-state index in [1.54, 1.807) is 12.1 Å². The van der Waals surface area contributed by atoms with Crippen LogP contribution in [0.4, 0.5) is 18.9 Å². The fraction of sp³-hybridized carbons (Fsp3) is 0.364. The Morgan fingerprint density at radius 3 is 2.26 bits per heavy atom. The molecular formula is C22H27F3N6O7S. The number of nitrogens with one attached hydrogen (secondary N) is 4. The number of guanidine groups is 1. The maximum absolute atomic E-state index is 13.0. The quantitative estimate of drug-likeness (QED) is 0.112. The fourth-order valence-electron chi connectivity index (χ4n) is 3.04. The predicted octanol–water partition coefficient (Wildman–Crippen LogP) is 0.924. The number of rotatable bonds is 11. The van der Waals surface area contributed by atoms with Crippen LogP contribution in [0.3, 0.4) is 0 Å².